The summed E-state index contributed by atoms with van der Waals surface area (Å²) < 4.78 is 101. The fraction of sp³-hybridized carbons (Fsp3) is 0.427. The zero-order valence-corrected chi connectivity index (χ0v) is 82.4. The van der Waals surface area contributed by atoms with Crippen LogP contribution < -0.4 is 27.0 Å². The first kappa shape index (κ1) is 110. The van der Waals surface area contributed by atoms with E-state index in [0.717, 1.165) is 159 Å². The Balaban J connectivity index is 0.000000230. The fourth-order valence-electron chi connectivity index (χ4n) is 16.5. The molecule has 0 spiro atoms. The van der Waals surface area contributed by atoms with Crippen molar-refractivity contribution in [3.8, 4) is 33.4 Å². The van der Waals surface area contributed by atoms with Gasteiger partial charge in [-0.3, -0.25) is 19.7 Å². The maximum Gasteiger partial charge on any atom is 0.410 e. The Morgan fingerprint density at radius 3 is 1.08 bits per heavy atom. The number of sulfone groups is 3. The smallest absolute Gasteiger partial charge is 0.410 e. The van der Waals surface area contributed by atoms with Crippen molar-refractivity contribution in [2.75, 3.05) is 31.8 Å². The average Bonchev–Trinajstić information content (AvgIpc) is 0.783. The van der Waals surface area contributed by atoms with Crippen LogP contribution in [0.1, 0.15) is 212 Å². The minimum absolute atomic E-state index is 0. The molecule has 726 valence electrons. The van der Waals surface area contributed by atoms with Gasteiger partial charge < -0.3 is 41.4 Å². The van der Waals surface area contributed by atoms with Crippen LogP contribution in [0.5, 0.6) is 0 Å². The van der Waals surface area contributed by atoms with E-state index in [1.165, 1.54) is 50.1 Å². The van der Waals surface area contributed by atoms with E-state index in [1.54, 1.807) is 77.7 Å². The largest absolute Gasteiger partial charge is 0.462 e. The molecule has 6 aromatic heterocycles. The van der Waals surface area contributed by atoms with Gasteiger partial charge in [-0.25, -0.2) is 60.0 Å². The van der Waals surface area contributed by atoms with E-state index in [2.05, 4.69) is 99.0 Å². The molecule has 0 atom stereocenters. The van der Waals surface area contributed by atoms with Crippen molar-refractivity contribution in [3.63, 3.8) is 0 Å². The molecule has 135 heavy (non-hydrogen) atoms. The van der Waals surface area contributed by atoms with Crippen molar-refractivity contribution < 1.29 is 48.7 Å². The number of carbonyl (C=O) groups is 2. The number of fused-ring (bicyclic) bond motifs is 3. The quantitative estimate of drug-likeness (QED) is 0.0293. The normalized spacial score (nSPS) is 16.7. The van der Waals surface area contributed by atoms with E-state index in [9.17, 15) is 39.2 Å². The second-order valence-electron chi connectivity index (χ2n) is 35.6. The molecule has 6 aromatic carbocycles. The number of rotatable bonds is 23. The molecular weight excluding hydrogens is 1830 g/mol. The molecular formula is C103H133Cl3FN15O10S3. The SMILES string of the molecule is C.C.C.CC(C)(C)OC=O.CCc1cc(-c2ccc(CS(=O)(=O)c3ccccc3Cl)nc2C)cc2cnc(F)nc12.CCc1cc(-c2ccc(CS(=O)(=O)c3ccccc3Cl)nc2C)cc2cnc(NC3CCC(N(C)C(=O)OC(C)(C)C)CC3)nc12.CCc1cc(-c2ccc(CS(=O)(=O)c3ccccc3Cl)nc2C)cc2cnc(NC3CCC(NC)CC3)nc12.CNC1CCC(N)CC1. The Kier molecular flexibility index (Phi) is 40.0. The topological polar surface area (TPSA) is 348 Å². The lowest BCUT2D eigenvalue weighted by molar-refractivity contribution is -0.138. The average molecular weight is 1960 g/mol. The molecule has 3 aliphatic rings. The van der Waals surface area contributed by atoms with Gasteiger partial charge in [-0.1, -0.05) is 132 Å². The number of hydrogen-bond donors (Lipinski definition) is 5. The molecule has 12 aromatic rings. The van der Waals surface area contributed by atoms with Gasteiger partial charge in [0, 0.05) is 112 Å². The first-order chi connectivity index (χ1) is 62.7. The Morgan fingerprint density at radius 2 is 0.778 bits per heavy atom. The highest BCUT2D eigenvalue weighted by atomic mass is 35.5. The van der Waals surface area contributed by atoms with Crippen molar-refractivity contribution in [3.05, 3.63) is 236 Å². The fourth-order valence-corrected chi connectivity index (χ4v) is 22.0. The molecule has 1 amide bonds. The zero-order valence-electron chi connectivity index (χ0n) is 77.7. The van der Waals surface area contributed by atoms with Gasteiger partial charge in [0.05, 0.1) is 80.6 Å². The lowest BCUT2D eigenvalue weighted by Crippen LogP contribution is -2.43. The molecule has 32 heteroatoms. The van der Waals surface area contributed by atoms with E-state index in [1.807, 2.05) is 133 Å². The Hall–Kier alpha value is -10.3. The van der Waals surface area contributed by atoms with Gasteiger partial charge in [0.1, 0.15) is 11.2 Å². The molecule has 25 nitrogen and oxygen atoms in total. The minimum Gasteiger partial charge on any atom is -0.462 e. The van der Waals surface area contributed by atoms with Crippen LogP contribution in [-0.4, -0.2) is 156 Å². The van der Waals surface area contributed by atoms with Crippen molar-refractivity contribution in [1.82, 2.24) is 60.4 Å². The molecule has 3 saturated carbocycles. The van der Waals surface area contributed by atoms with Gasteiger partial charge in [-0.05, 0) is 297 Å². The van der Waals surface area contributed by atoms with E-state index in [4.69, 9.17) is 55.2 Å². The summed E-state index contributed by atoms with van der Waals surface area (Å²) >= 11 is 18.4. The Morgan fingerprint density at radius 1 is 0.459 bits per heavy atom. The van der Waals surface area contributed by atoms with Crippen LogP contribution in [0.3, 0.4) is 0 Å². The number of carbonyl (C=O) groups excluding carboxylic acids is 2. The number of nitrogens with one attached hydrogen (secondary N) is 4. The lowest BCUT2D eigenvalue weighted by Gasteiger charge is -2.35. The van der Waals surface area contributed by atoms with Crippen LogP contribution >= 0.6 is 34.8 Å². The number of benzene rings is 6. The molecule has 0 saturated heterocycles. The summed E-state index contributed by atoms with van der Waals surface area (Å²) in [4.78, 5) is 64.7. The number of halogens is 4. The number of amides is 1. The second kappa shape index (κ2) is 49.1. The number of aromatic nitrogens is 9. The Labute approximate surface area is 813 Å². The number of nitrogens with zero attached hydrogens (tertiary/aromatic N) is 10. The van der Waals surface area contributed by atoms with E-state index in [0.29, 0.717) is 71.2 Å². The molecule has 3 fully saturated rings. The number of aryl methyl sites for hydroxylation is 6. The molecule has 15 rings (SSSR count). The van der Waals surface area contributed by atoms with Crippen molar-refractivity contribution in [2.24, 2.45) is 5.73 Å². The van der Waals surface area contributed by atoms with Gasteiger partial charge in [0.25, 0.3) is 6.47 Å². The third-order valence-corrected chi connectivity index (χ3v) is 30.0. The Bertz CT molecular complexity index is 6430. The van der Waals surface area contributed by atoms with Gasteiger partial charge in [0.15, 0.2) is 29.5 Å². The van der Waals surface area contributed by atoms with Crippen LogP contribution in [0.2, 0.25) is 15.1 Å². The number of nitrogens with two attached hydrogens (primary N) is 1. The summed E-state index contributed by atoms with van der Waals surface area (Å²) in [6.07, 6.45) is 19.5. The molecule has 6 N–H and O–H groups in total. The molecule has 0 bridgehead atoms. The molecule has 3 aliphatic carbocycles. The highest BCUT2D eigenvalue weighted by Gasteiger charge is 2.32. The summed E-state index contributed by atoms with van der Waals surface area (Å²) in [5.74, 6) is 0.584. The maximum atomic E-state index is 13.5. The standard InChI is InChI=1S/C35H42ClN5O4S.C30H34ClN5O2S.C23H19ClFN3O2S.C7H16N2.C5H10O2.3CH4/c1-7-23-18-24(29-17-14-27(38-22(29)2)21-46(43,44)31-11-9-8-10-30(31)36)19-25-20-37-33(40-32(23)25)39-26-12-15-28(16-13-26)41(6)34(42)45-35(3,4)5;1-4-20-15-21(16-22-17-33-30(36-29(20)22)35-24-11-9-23(32-3)10-12-24)26-14-13-25(34-19(26)2)18-39(37,38)28-8-6-5-7-27(28)31;1-3-15-10-16(11-17-12-26-23(25)28-22(15)17)19-9-8-18(27-14(19)2)13-31(29,30)21-7-5-4-6-20(21)24;1-9-7-4-2-6(8)3-5-7;1-5(2,3)7-4-6;;;/h8-11,14,17-20,26,28H,7,12-13,15-16,21H2,1-6H3,(H,37,39,40);5-8,13-17,23-24,32H,4,9-12,18H2,1-3H3,(H,33,35,36);4-12H,3,13H2,1-2H3;6-7,9H,2-5,8H2,1H3;4H,1-3H3;3*1H4. The first-order valence-electron chi connectivity index (χ1n) is 44.8. The molecule has 0 unspecified atom stereocenters. The predicted octanol–water partition coefficient (Wildman–Crippen LogP) is 22.6. The number of anilines is 2. The van der Waals surface area contributed by atoms with Crippen LogP contribution in [0.4, 0.5) is 21.1 Å². The van der Waals surface area contributed by atoms with Gasteiger partial charge in [-0.2, -0.15) is 4.39 Å². The minimum atomic E-state index is -3.65. The van der Waals surface area contributed by atoms with E-state index >= 15 is 0 Å². The van der Waals surface area contributed by atoms with Crippen LogP contribution in [0.15, 0.2) is 179 Å². The first-order valence-corrected chi connectivity index (χ1v) is 50.8. The van der Waals surface area contributed by atoms with E-state index < -0.39 is 41.2 Å². The summed E-state index contributed by atoms with van der Waals surface area (Å²) in [7, 11) is -5.01. The summed E-state index contributed by atoms with van der Waals surface area (Å²) in [5.41, 5.74) is 19.6. The number of ether oxygens (including phenoxy) is 2. The van der Waals surface area contributed by atoms with Gasteiger partial charge >= 0.3 is 12.2 Å². The maximum absolute atomic E-state index is 13.5. The van der Waals surface area contributed by atoms with Crippen LogP contribution in [0, 0.1) is 26.8 Å². The summed E-state index contributed by atoms with van der Waals surface area (Å²) in [6, 6.07) is 45.1. The van der Waals surface area contributed by atoms with Gasteiger partial charge in [-0.15, -0.1) is 0 Å². The second-order valence-corrected chi connectivity index (χ2v) is 42.7. The molecule has 0 radical (unpaired) electrons. The monoisotopic (exact) mass is 1960 g/mol. The van der Waals surface area contributed by atoms with Crippen LogP contribution in [-0.2, 0) is 80.3 Å². The van der Waals surface area contributed by atoms with Gasteiger partial charge in [0.2, 0.25) is 11.9 Å². The predicted molar refractivity (Wildman–Crippen MR) is 546 cm³/mol. The van der Waals surface area contributed by atoms with Crippen LogP contribution in [0.25, 0.3) is 66.1 Å². The summed E-state index contributed by atoms with van der Waals surface area (Å²) in [5, 5.41) is 17.0. The van der Waals surface area contributed by atoms with Crippen molar-refractivity contribution >= 4 is 121 Å². The third-order valence-electron chi connectivity index (χ3n) is 23.6. The highest BCUT2D eigenvalue weighted by molar-refractivity contribution is 7.91. The van der Waals surface area contributed by atoms with Crippen molar-refractivity contribution in [2.45, 2.75) is 281 Å². The molecule has 6 heterocycles. The lowest BCUT2D eigenvalue weighted by atomic mass is 9.90. The summed E-state index contributed by atoms with van der Waals surface area (Å²) in [6.45, 7) is 23.4. The number of pyridine rings is 3. The zero-order chi connectivity index (χ0) is 95.6. The molecule has 0 aliphatic heterocycles. The van der Waals surface area contributed by atoms with E-state index in [-0.39, 0.29) is 93.1 Å². The third kappa shape index (κ3) is 30.1. The highest BCUT2D eigenvalue weighted by Crippen LogP contribution is 2.37. The van der Waals surface area contributed by atoms with Crippen molar-refractivity contribution in [1.29, 1.82) is 0 Å². The number of hydrogen-bond acceptors (Lipinski definition) is 24.